The number of nitrogens with one attached hydrogen (secondary N) is 1. The molecule has 2 unspecified atom stereocenters. The topological polar surface area (TPSA) is 68.7 Å². The summed E-state index contributed by atoms with van der Waals surface area (Å²) >= 11 is 0. The number of carbonyl (C=O) groups excluding carboxylic acids is 1. The maximum absolute atomic E-state index is 12.7. The zero-order chi connectivity index (χ0) is 19.1. The van der Waals surface area contributed by atoms with E-state index in [0.29, 0.717) is 30.5 Å². The van der Waals surface area contributed by atoms with Gasteiger partial charge >= 0.3 is 0 Å². The normalized spacial score (nSPS) is 30.4. The van der Waals surface area contributed by atoms with Crippen molar-refractivity contribution in [2.45, 2.75) is 76.1 Å². The van der Waals surface area contributed by atoms with Crippen LogP contribution < -0.4 is 10.2 Å². The summed E-state index contributed by atoms with van der Waals surface area (Å²) in [5, 5.41) is 13.6. The van der Waals surface area contributed by atoms with Crippen molar-refractivity contribution in [2.24, 2.45) is 5.92 Å². The van der Waals surface area contributed by atoms with Gasteiger partial charge in [0.1, 0.15) is 5.82 Å². The number of amides is 1. The van der Waals surface area contributed by atoms with Gasteiger partial charge in [-0.3, -0.25) is 4.79 Å². The first kappa shape index (κ1) is 18.4. The molecule has 28 heavy (non-hydrogen) atoms. The van der Waals surface area contributed by atoms with Crippen molar-refractivity contribution in [1.82, 2.24) is 15.2 Å². The Morgan fingerprint density at radius 3 is 2.68 bits per heavy atom. The van der Waals surface area contributed by atoms with E-state index < -0.39 is 0 Å². The highest BCUT2D eigenvalue weighted by atomic mass is 16.3. The Morgan fingerprint density at radius 2 is 1.93 bits per heavy atom. The summed E-state index contributed by atoms with van der Waals surface area (Å²) < 4.78 is 0. The van der Waals surface area contributed by atoms with Crippen molar-refractivity contribution in [3.63, 3.8) is 0 Å². The fourth-order valence-electron chi connectivity index (χ4n) is 5.76. The minimum Gasteiger partial charge on any atom is -0.393 e. The number of aromatic nitrogens is 1. The number of pyridine rings is 1. The van der Waals surface area contributed by atoms with Gasteiger partial charge in [-0.25, -0.2) is 4.98 Å². The molecule has 3 fully saturated rings. The van der Waals surface area contributed by atoms with E-state index in [1.165, 1.54) is 31.2 Å². The molecule has 4 heterocycles. The van der Waals surface area contributed by atoms with Crippen LogP contribution in [0.3, 0.4) is 0 Å². The van der Waals surface area contributed by atoms with Gasteiger partial charge in [-0.1, -0.05) is 18.9 Å². The molecule has 1 amide bonds. The lowest BCUT2D eigenvalue weighted by atomic mass is 9.90. The van der Waals surface area contributed by atoms with Crippen LogP contribution >= 0.6 is 0 Å². The molecule has 1 aromatic heterocycles. The van der Waals surface area contributed by atoms with Crippen molar-refractivity contribution in [3.05, 3.63) is 23.4 Å². The Bertz CT molecular complexity index is 719. The predicted molar refractivity (Wildman–Crippen MR) is 108 cm³/mol. The molecule has 2 saturated heterocycles. The standard InChI is InChI=1S/C22H32N4O2/c27-19-10-17-12-23-13-18(11-19)26(17)21-6-5-16-14-25(8-7-20(16)24-21)22(28)9-15-3-1-2-4-15/h5-6,15,17-19,23,27H,1-4,7-14H2. The van der Waals surface area contributed by atoms with E-state index in [-0.39, 0.29) is 6.10 Å². The van der Waals surface area contributed by atoms with Crippen LogP contribution in [0.25, 0.3) is 0 Å². The second-order valence-electron chi connectivity index (χ2n) is 9.19. The van der Waals surface area contributed by atoms with Gasteiger partial charge < -0.3 is 20.2 Å². The smallest absolute Gasteiger partial charge is 0.223 e. The van der Waals surface area contributed by atoms with Crippen LogP contribution in [0.2, 0.25) is 0 Å². The first-order valence-electron chi connectivity index (χ1n) is 11.1. The molecule has 2 atom stereocenters. The minimum absolute atomic E-state index is 0.189. The number of aliphatic hydroxyl groups is 1. The summed E-state index contributed by atoms with van der Waals surface area (Å²) in [6.45, 7) is 3.33. The van der Waals surface area contributed by atoms with E-state index in [0.717, 1.165) is 56.8 Å². The zero-order valence-corrected chi connectivity index (χ0v) is 16.6. The molecule has 0 spiro atoms. The average Bonchev–Trinajstić information content (AvgIpc) is 3.19. The number of piperidine rings is 1. The molecule has 152 valence electrons. The third-order valence-electron chi connectivity index (χ3n) is 7.22. The molecule has 0 aromatic carbocycles. The highest BCUT2D eigenvalue weighted by molar-refractivity contribution is 5.76. The van der Waals surface area contributed by atoms with Crippen LogP contribution in [0.5, 0.6) is 0 Å². The Hall–Kier alpha value is -1.66. The van der Waals surface area contributed by atoms with Crippen molar-refractivity contribution in [3.8, 4) is 0 Å². The fourth-order valence-corrected chi connectivity index (χ4v) is 5.76. The second-order valence-corrected chi connectivity index (χ2v) is 9.19. The van der Waals surface area contributed by atoms with Gasteiger partial charge in [0.05, 0.1) is 6.10 Å². The quantitative estimate of drug-likeness (QED) is 0.832. The third-order valence-corrected chi connectivity index (χ3v) is 7.22. The Morgan fingerprint density at radius 1 is 1.18 bits per heavy atom. The van der Waals surface area contributed by atoms with Gasteiger partial charge in [-0.15, -0.1) is 0 Å². The van der Waals surface area contributed by atoms with E-state index in [9.17, 15) is 9.90 Å². The molecule has 6 heteroatoms. The number of rotatable bonds is 3. The predicted octanol–water partition coefficient (Wildman–Crippen LogP) is 1.85. The van der Waals surface area contributed by atoms with Gasteiger partial charge in [-0.2, -0.15) is 0 Å². The van der Waals surface area contributed by atoms with Crippen molar-refractivity contribution in [1.29, 1.82) is 0 Å². The van der Waals surface area contributed by atoms with Gasteiger partial charge in [0.25, 0.3) is 0 Å². The van der Waals surface area contributed by atoms with E-state index in [4.69, 9.17) is 4.98 Å². The molecule has 6 nitrogen and oxygen atoms in total. The number of hydrogen-bond acceptors (Lipinski definition) is 5. The average molecular weight is 385 g/mol. The molecule has 1 aromatic rings. The van der Waals surface area contributed by atoms with E-state index in [1.807, 2.05) is 4.90 Å². The summed E-state index contributed by atoms with van der Waals surface area (Å²) in [6.07, 6.45) is 8.04. The number of carbonyl (C=O) groups is 1. The zero-order valence-electron chi connectivity index (χ0n) is 16.6. The minimum atomic E-state index is -0.189. The summed E-state index contributed by atoms with van der Waals surface area (Å²) in [7, 11) is 0. The monoisotopic (exact) mass is 384 g/mol. The lowest BCUT2D eigenvalue weighted by Gasteiger charge is -2.49. The SMILES string of the molecule is O=C(CC1CCCC1)N1CCc2nc(N3C4CNCC3CC(O)C4)ccc2C1. The summed E-state index contributed by atoms with van der Waals surface area (Å²) in [6, 6.07) is 4.95. The lowest BCUT2D eigenvalue weighted by molar-refractivity contribution is -0.133. The summed E-state index contributed by atoms with van der Waals surface area (Å²) in [5.74, 6) is 1.98. The van der Waals surface area contributed by atoms with Crippen molar-refractivity contribution in [2.75, 3.05) is 24.5 Å². The number of aliphatic hydroxyl groups excluding tert-OH is 1. The Kier molecular flexibility index (Phi) is 5.01. The van der Waals surface area contributed by atoms with Gasteiger partial charge in [-0.05, 0) is 43.2 Å². The molecular formula is C22H32N4O2. The van der Waals surface area contributed by atoms with Crippen LogP contribution in [0, 0.1) is 5.92 Å². The number of anilines is 1. The van der Waals surface area contributed by atoms with Crippen LogP contribution in [0.15, 0.2) is 12.1 Å². The first-order valence-corrected chi connectivity index (χ1v) is 11.1. The van der Waals surface area contributed by atoms with E-state index in [2.05, 4.69) is 22.3 Å². The number of piperazine rings is 1. The molecule has 1 saturated carbocycles. The number of fused-ring (bicyclic) bond motifs is 3. The maximum Gasteiger partial charge on any atom is 0.223 e. The number of hydrogen-bond donors (Lipinski definition) is 2. The van der Waals surface area contributed by atoms with Crippen LogP contribution in [0.1, 0.15) is 56.2 Å². The highest BCUT2D eigenvalue weighted by Crippen LogP contribution is 2.32. The molecule has 0 radical (unpaired) electrons. The molecule has 3 aliphatic heterocycles. The molecule has 2 bridgehead atoms. The first-order chi connectivity index (χ1) is 13.7. The van der Waals surface area contributed by atoms with Crippen LogP contribution in [-0.4, -0.2) is 58.7 Å². The molecule has 5 rings (SSSR count). The highest BCUT2D eigenvalue weighted by Gasteiger charge is 2.38. The third kappa shape index (κ3) is 3.52. The largest absolute Gasteiger partial charge is 0.393 e. The van der Waals surface area contributed by atoms with E-state index >= 15 is 0 Å². The molecule has 4 aliphatic rings. The molecular weight excluding hydrogens is 352 g/mol. The summed E-state index contributed by atoms with van der Waals surface area (Å²) in [4.78, 5) is 22.2. The van der Waals surface area contributed by atoms with E-state index in [1.54, 1.807) is 0 Å². The maximum atomic E-state index is 12.7. The van der Waals surface area contributed by atoms with Crippen molar-refractivity contribution < 1.29 is 9.90 Å². The van der Waals surface area contributed by atoms with Gasteiger partial charge in [0.2, 0.25) is 5.91 Å². The Labute approximate surface area is 167 Å². The lowest BCUT2D eigenvalue weighted by Crippen LogP contribution is -2.62. The molecule has 1 aliphatic carbocycles. The van der Waals surface area contributed by atoms with Crippen LogP contribution in [-0.2, 0) is 17.8 Å². The van der Waals surface area contributed by atoms with Crippen molar-refractivity contribution >= 4 is 11.7 Å². The van der Waals surface area contributed by atoms with Crippen LogP contribution in [0.4, 0.5) is 5.82 Å². The number of nitrogens with zero attached hydrogens (tertiary/aromatic N) is 3. The summed E-state index contributed by atoms with van der Waals surface area (Å²) in [5.41, 5.74) is 2.36. The van der Waals surface area contributed by atoms with Gasteiger partial charge in [0, 0.05) is 56.8 Å². The fraction of sp³-hybridized carbons (Fsp3) is 0.727. The van der Waals surface area contributed by atoms with Gasteiger partial charge in [0.15, 0.2) is 0 Å². The Balaban J connectivity index is 1.29. The second kappa shape index (κ2) is 7.64. The molecule has 2 N–H and O–H groups in total.